The average Bonchev–Trinajstić information content (AvgIpc) is 3.13. The van der Waals surface area contributed by atoms with E-state index in [1.807, 2.05) is 60.7 Å². The number of esters is 4. The quantitative estimate of drug-likeness (QED) is 0.0419. The summed E-state index contributed by atoms with van der Waals surface area (Å²) in [6.07, 6.45) is -21.8. The highest BCUT2D eigenvalue weighted by molar-refractivity contribution is 6.99. The molecule has 0 saturated carbocycles. The van der Waals surface area contributed by atoms with Gasteiger partial charge in [0.15, 0.2) is 37.2 Å². The molecular formula is C66H74O20Si. The molecule has 3 aliphatic rings. The topological polar surface area (TPSA) is 238 Å². The van der Waals surface area contributed by atoms with Gasteiger partial charge in [0.05, 0.1) is 35.5 Å². The Morgan fingerprint density at radius 2 is 0.805 bits per heavy atom. The molecule has 0 unspecified atom stereocenters. The van der Waals surface area contributed by atoms with E-state index in [1.165, 1.54) is 77.0 Å². The van der Waals surface area contributed by atoms with Crippen molar-refractivity contribution in [2.45, 2.75) is 118 Å². The molecule has 21 heteroatoms. The second-order valence-electron chi connectivity index (χ2n) is 22.0. The highest BCUT2D eigenvalue weighted by atomic mass is 28.4. The third-order valence-electron chi connectivity index (χ3n) is 15.6. The van der Waals surface area contributed by atoms with Crippen LogP contribution in [0.1, 0.15) is 62.2 Å². The van der Waals surface area contributed by atoms with Crippen LogP contribution in [-0.2, 0) is 66.0 Å². The molecule has 6 aromatic carbocycles. The minimum Gasteiger partial charge on any atom is -0.459 e. The Balaban J connectivity index is 1.15. The number of ether oxygens (including phenoxy) is 13. The monoisotopic (exact) mass is 1210 g/mol. The number of hydrogen-bond acceptors (Lipinski definition) is 20. The van der Waals surface area contributed by atoms with Crippen molar-refractivity contribution in [1.82, 2.24) is 0 Å². The SMILES string of the molecule is CO[C@H]1O[C@H](CO[C@H]2O[C@H](CO[Si](c3ccccc3)(c3ccccc3)C(C)(C)C)[C@@H](O)[C@H](O[C@H]3O[C@H](COC(=O)c4ccccc4)[C@@H](OC(=O)c4ccccc4)[C@H](OC(=O)c4ccccc4)[C@@H]3OC(=O)c3ccccc3)[C@@H]2O)[C@@H](OC)[C@H](OC)[C@H]1OC. The average molecular weight is 1220 g/mol. The van der Waals surface area contributed by atoms with Crippen molar-refractivity contribution in [3.8, 4) is 0 Å². The number of benzene rings is 6. The smallest absolute Gasteiger partial charge is 0.338 e. The molecule has 9 rings (SSSR count). The molecule has 2 N–H and O–H groups in total. The highest BCUT2D eigenvalue weighted by Crippen LogP contribution is 2.40. The number of carbonyl (C=O) groups is 4. The summed E-state index contributed by atoms with van der Waals surface area (Å²) in [6.45, 7) is 4.91. The predicted octanol–water partition coefficient (Wildman–Crippen LogP) is 6.09. The van der Waals surface area contributed by atoms with Gasteiger partial charge in [-0.15, -0.1) is 0 Å². The Kier molecular flexibility index (Phi) is 22.0. The van der Waals surface area contributed by atoms with Gasteiger partial charge in [-0.25, -0.2) is 19.2 Å². The molecule has 0 aromatic heterocycles. The van der Waals surface area contributed by atoms with Crippen molar-refractivity contribution in [3.63, 3.8) is 0 Å². The molecule has 3 fully saturated rings. The lowest BCUT2D eigenvalue weighted by Gasteiger charge is -2.49. The van der Waals surface area contributed by atoms with E-state index in [9.17, 15) is 29.4 Å². The fourth-order valence-electron chi connectivity index (χ4n) is 11.3. The van der Waals surface area contributed by atoms with Crippen molar-refractivity contribution < 1.29 is 95.4 Å². The Morgan fingerprint density at radius 1 is 0.402 bits per heavy atom. The van der Waals surface area contributed by atoms with Crippen LogP contribution in [0.2, 0.25) is 5.04 Å². The van der Waals surface area contributed by atoms with Crippen molar-refractivity contribution in [2.75, 3.05) is 48.3 Å². The molecule has 462 valence electrons. The summed E-state index contributed by atoms with van der Waals surface area (Å²) in [5.74, 6) is -3.64. The first-order chi connectivity index (χ1) is 42.1. The van der Waals surface area contributed by atoms with E-state index in [0.29, 0.717) is 0 Å². The minimum absolute atomic E-state index is 0.0452. The van der Waals surface area contributed by atoms with Gasteiger partial charge in [0.1, 0.15) is 61.5 Å². The van der Waals surface area contributed by atoms with Crippen molar-refractivity contribution in [1.29, 1.82) is 0 Å². The first-order valence-electron chi connectivity index (χ1n) is 28.6. The van der Waals surface area contributed by atoms with Gasteiger partial charge in [0.25, 0.3) is 8.32 Å². The lowest BCUT2D eigenvalue weighted by atomic mass is 9.96. The summed E-state index contributed by atoms with van der Waals surface area (Å²) in [5.41, 5.74) is 0.342. The maximum Gasteiger partial charge on any atom is 0.338 e. The zero-order valence-corrected chi connectivity index (χ0v) is 50.3. The molecule has 3 saturated heterocycles. The second-order valence-corrected chi connectivity index (χ2v) is 26.3. The summed E-state index contributed by atoms with van der Waals surface area (Å²) in [7, 11) is 2.49. The van der Waals surface area contributed by atoms with Crippen molar-refractivity contribution in [3.05, 3.63) is 204 Å². The maximum atomic E-state index is 14.5. The normalized spacial score (nSPS) is 27.5. The van der Waals surface area contributed by atoms with Crippen molar-refractivity contribution >= 4 is 42.6 Å². The van der Waals surface area contributed by atoms with Gasteiger partial charge in [0.2, 0.25) is 0 Å². The van der Waals surface area contributed by atoms with Crippen LogP contribution in [0.5, 0.6) is 0 Å². The lowest BCUT2D eigenvalue weighted by molar-refractivity contribution is -0.364. The molecular weight excluding hydrogens is 1140 g/mol. The Labute approximate surface area is 506 Å². The lowest BCUT2D eigenvalue weighted by Crippen LogP contribution is -2.69. The Bertz CT molecular complexity index is 3090. The van der Waals surface area contributed by atoms with Crippen LogP contribution >= 0.6 is 0 Å². The molecule has 0 spiro atoms. The number of hydrogen-bond donors (Lipinski definition) is 2. The Hall–Kier alpha value is -7.06. The van der Waals surface area contributed by atoms with Crippen molar-refractivity contribution in [2.24, 2.45) is 0 Å². The van der Waals surface area contributed by atoms with Crippen LogP contribution in [0.15, 0.2) is 182 Å². The molecule has 87 heavy (non-hydrogen) atoms. The number of aliphatic hydroxyl groups excluding tert-OH is 2. The third-order valence-corrected chi connectivity index (χ3v) is 20.6. The van der Waals surface area contributed by atoms with Gasteiger partial charge >= 0.3 is 23.9 Å². The molecule has 0 aliphatic carbocycles. The van der Waals surface area contributed by atoms with Gasteiger partial charge in [-0.05, 0) is 63.9 Å². The van der Waals surface area contributed by atoms with E-state index >= 15 is 0 Å². The van der Waals surface area contributed by atoms with Gasteiger partial charge in [-0.3, -0.25) is 0 Å². The molecule has 6 aromatic rings. The van der Waals surface area contributed by atoms with E-state index in [-0.39, 0.29) is 35.5 Å². The zero-order valence-electron chi connectivity index (χ0n) is 49.3. The summed E-state index contributed by atoms with van der Waals surface area (Å²) < 4.78 is 88.4. The molecule has 3 heterocycles. The predicted molar refractivity (Wildman–Crippen MR) is 315 cm³/mol. The number of aliphatic hydroxyl groups is 2. The number of carbonyl (C=O) groups excluding carboxylic acids is 4. The van der Waals surface area contributed by atoms with E-state index in [4.69, 9.17) is 66.0 Å². The largest absolute Gasteiger partial charge is 0.459 e. The minimum atomic E-state index is -3.40. The highest BCUT2D eigenvalue weighted by Gasteiger charge is 2.58. The van der Waals surface area contributed by atoms with E-state index in [2.05, 4.69) is 20.8 Å². The summed E-state index contributed by atoms with van der Waals surface area (Å²) >= 11 is 0. The summed E-state index contributed by atoms with van der Waals surface area (Å²) in [5, 5.41) is 27.0. The number of methoxy groups -OCH3 is 4. The zero-order chi connectivity index (χ0) is 61.7. The standard InChI is InChI=1S/C66H74O20Si/c1-66(2,3)87(45-34-22-12-23-35-45,46-36-24-13-25-37-46)79-40-47-50(67)54(51(68)63(80-47)78-39-48-52(73-4)55(74-5)57(75-6)64(76-7)81-48)86-65-58(85-62(72)44-32-20-11-21-33-44)56(84-61(71)43-30-18-10-19-31-43)53(83-60(70)42-28-16-9-17-29-42)49(82-65)38-77-59(69)41-26-14-8-15-27-41/h8-37,47-58,63-65,67-68H,38-40H2,1-7H3/t47-,48-,49-,50-,51+,52-,53-,54+,55+,56+,57-,58+,63+,64+,65-/m1/s1. The van der Waals surface area contributed by atoms with Crippen LogP contribution in [0, 0.1) is 0 Å². The molecule has 0 radical (unpaired) electrons. The fraction of sp³-hybridized carbons (Fsp3) is 0.394. The van der Waals surface area contributed by atoms with Gasteiger partial charge < -0.3 is 76.2 Å². The first-order valence-corrected chi connectivity index (χ1v) is 30.5. The van der Waals surface area contributed by atoms with E-state index in [0.717, 1.165) is 10.4 Å². The van der Waals surface area contributed by atoms with Crippen LogP contribution < -0.4 is 10.4 Å². The Morgan fingerprint density at radius 3 is 1.25 bits per heavy atom. The maximum absolute atomic E-state index is 14.5. The van der Waals surface area contributed by atoms with Crippen LogP contribution in [0.4, 0.5) is 0 Å². The second kappa shape index (κ2) is 29.8. The van der Waals surface area contributed by atoms with Gasteiger partial charge in [-0.1, -0.05) is 154 Å². The number of rotatable bonds is 23. The van der Waals surface area contributed by atoms with Crippen LogP contribution in [-0.4, -0.2) is 183 Å². The summed E-state index contributed by atoms with van der Waals surface area (Å²) in [4.78, 5) is 57.2. The molecule has 0 bridgehead atoms. The third kappa shape index (κ3) is 14.8. The molecule has 3 aliphatic heterocycles. The van der Waals surface area contributed by atoms with Crippen LogP contribution in [0.25, 0.3) is 0 Å². The molecule has 15 atom stereocenters. The van der Waals surface area contributed by atoms with Gasteiger partial charge in [-0.2, -0.15) is 0 Å². The van der Waals surface area contributed by atoms with Crippen LogP contribution in [0.3, 0.4) is 0 Å². The fourth-order valence-corrected chi connectivity index (χ4v) is 15.9. The first kappa shape index (κ1) is 64.4. The van der Waals surface area contributed by atoms with E-state index in [1.54, 1.807) is 72.8 Å². The summed E-state index contributed by atoms with van der Waals surface area (Å²) in [6, 6.07) is 51.3. The van der Waals surface area contributed by atoms with E-state index < -0.39 is 136 Å². The molecule has 0 amide bonds. The van der Waals surface area contributed by atoms with Gasteiger partial charge in [0, 0.05) is 28.4 Å². The molecule has 20 nitrogen and oxygen atoms in total.